The zero-order valence-electron chi connectivity index (χ0n) is 16.5. The van der Waals surface area contributed by atoms with Gasteiger partial charge < -0.3 is 13.9 Å². The standard InChI is InChI=1S/C23H23BrO5/c1-3-10-27-22(25)9-6-17-12-19-15(2)11-23(26)29-21(19)13-20(17)28-14-16-4-7-18(24)8-5-16/h4-5,7-8,11-13H,3,6,9-10,14H2,1-2H3. The monoisotopic (exact) mass is 458 g/mol. The summed E-state index contributed by atoms with van der Waals surface area (Å²) in [5.74, 6) is 0.361. The van der Waals surface area contributed by atoms with Crippen LogP contribution in [-0.4, -0.2) is 12.6 Å². The zero-order chi connectivity index (χ0) is 20.8. The first kappa shape index (κ1) is 21.1. The Bertz CT molecular complexity index is 1050. The van der Waals surface area contributed by atoms with Crippen molar-refractivity contribution in [2.45, 2.75) is 39.7 Å². The average molecular weight is 459 g/mol. The molecule has 0 aliphatic rings. The van der Waals surface area contributed by atoms with Gasteiger partial charge in [-0.1, -0.05) is 35.0 Å². The van der Waals surface area contributed by atoms with Crippen LogP contribution < -0.4 is 10.4 Å². The Hall–Kier alpha value is -2.60. The van der Waals surface area contributed by atoms with E-state index in [2.05, 4.69) is 15.9 Å². The second-order valence-electron chi connectivity index (χ2n) is 6.84. The Kier molecular flexibility index (Phi) is 7.09. The lowest BCUT2D eigenvalue weighted by molar-refractivity contribution is -0.143. The fourth-order valence-corrected chi connectivity index (χ4v) is 3.25. The van der Waals surface area contributed by atoms with Crippen LogP contribution in [0.4, 0.5) is 0 Å². The zero-order valence-corrected chi connectivity index (χ0v) is 18.1. The number of ether oxygens (including phenoxy) is 2. The molecule has 152 valence electrons. The molecule has 29 heavy (non-hydrogen) atoms. The van der Waals surface area contributed by atoms with E-state index in [0.717, 1.165) is 33.0 Å². The van der Waals surface area contributed by atoms with Gasteiger partial charge in [0.2, 0.25) is 0 Å². The van der Waals surface area contributed by atoms with Crippen LogP contribution in [0.1, 0.15) is 36.5 Å². The van der Waals surface area contributed by atoms with E-state index in [-0.39, 0.29) is 12.4 Å². The van der Waals surface area contributed by atoms with Gasteiger partial charge in [0.05, 0.1) is 6.61 Å². The molecule has 5 nitrogen and oxygen atoms in total. The Morgan fingerprint density at radius 2 is 1.90 bits per heavy atom. The number of halogens is 1. The summed E-state index contributed by atoms with van der Waals surface area (Å²) in [6.07, 6.45) is 1.53. The number of carbonyl (C=O) groups excluding carboxylic acids is 1. The molecule has 0 saturated heterocycles. The molecule has 0 N–H and O–H groups in total. The molecule has 0 fully saturated rings. The number of fused-ring (bicyclic) bond motifs is 1. The van der Waals surface area contributed by atoms with Crippen molar-refractivity contribution in [2.24, 2.45) is 0 Å². The van der Waals surface area contributed by atoms with Crippen LogP contribution >= 0.6 is 15.9 Å². The van der Waals surface area contributed by atoms with Crippen molar-refractivity contribution in [3.63, 3.8) is 0 Å². The Balaban J connectivity index is 1.88. The van der Waals surface area contributed by atoms with E-state index < -0.39 is 5.63 Å². The molecule has 1 aromatic heterocycles. The molecule has 0 unspecified atom stereocenters. The van der Waals surface area contributed by atoms with Crippen LogP contribution in [0.3, 0.4) is 0 Å². The summed E-state index contributed by atoms with van der Waals surface area (Å²) in [7, 11) is 0. The highest BCUT2D eigenvalue weighted by atomic mass is 79.9. The predicted octanol–water partition coefficient (Wildman–Crippen LogP) is 5.33. The highest BCUT2D eigenvalue weighted by molar-refractivity contribution is 9.10. The molecule has 0 atom stereocenters. The van der Waals surface area contributed by atoms with Crippen molar-refractivity contribution in [2.75, 3.05) is 6.61 Å². The van der Waals surface area contributed by atoms with Crippen molar-refractivity contribution in [1.82, 2.24) is 0 Å². The first-order valence-corrected chi connectivity index (χ1v) is 10.4. The molecule has 0 amide bonds. The minimum absolute atomic E-state index is 0.234. The van der Waals surface area contributed by atoms with Crippen LogP contribution in [0.25, 0.3) is 11.0 Å². The van der Waals surface area contributed by atoms with Gasteiger partial charge in [0.25, 0.3) is 0 Å². The Morgan fingerprint density at radius 3 is 2.62 bits per heavy atom. The lowest BCUT2D eigenvalue weighted by Gasteiger charge is -2.14. The molecule has 6 heteroatoms. The van der Waals surface area contributed by atoms with E-state index in [1.165, 1.54) is 6.07 Å². The van der Waals surface area contributed by atoms with E-state index in [1.54, 1.807) is 6.07 Å². The predicted molar refractivity (Wildman–Crippen MR) is 115 cm³/mol. The molecule has 3 aromatic rings. The average Bonchev–Trinajstić information content (AvgIpc) is 2.70. The molecular weight excluding hydrogens is 436 g/mol. The maximum Gasteiger partial charge on any atom is 0.336 e. The van der Waals surface area contributed by atoms with Gasteiger partial charge in [0.1, 0.15) is 17.9 Å². The molecule has 0 bridgehead atoms. The summed E-state index contributed by atoms with van der Waals surface area (Å²) in [6.45, 7) is 4.61. The molecule has 0 radical (unpaired) electrons. The van der Waals surface area contributed by atoms with Gasteiger partial charge in [-0.3, -0.25) is 4.79 Å². The minimum atomic E-state index is -0.398. The van der Waals surface area contributed by atoms with Gasteiger partial charge in [-0.05, 0) is 54.7 Å². The molecule has 0 saturated carbocycles. The Labute approximate surface area is 177 Å². The quantitative estimate of drug-likeness (QED) is 0.337. The number of carbonyl (C=O) groups is 1. The van der Waals surface area contributed by atoms with E-state index in [0.29, 0.717) is 31.0 Å². The van der Waals surface area contributed by atoms with E-state index >= 15 is 0 Å². The topological polar surface area (TPSA) is 65.7 Å². The SMILES string of the molecule is CCCOC(=O)CCc1cc2c(C)cc(=O)oc2cc1OCc1ccc(Br)cc1. The summed E-state index contributed by atoms with van der Waals surface area (Å²) in [4.78, 5) is 23.7. The van der Waals surface area contributed by atoms with Crippen LogP contribution in [0, 0.1) is 6.92 Å². The van der Waals surface area contributed by atoms with Crippen LogP contribution in [0.15, 0.2) is 56.1 Å². The van der Waals surface area contributed by atoms with Crippen molar-refractivity contribution in [1.29, 1.82) is 0 Å². The van der Waals surface area contributed by atoms with Crippen molar-refractivity contribution < 1.29 is 18.7 Å². The number of esters is 1. The highest BCUT2D eigenvalue weighted by Gasteiger charge is 2.13. The van der Waals surface area contributed by atoms with E-state index in [4.69, 9.17) is 13.9 Å². The third-order valence-electron chi connectivity index (χ3n) is 4.51. The summed E-state index contributed by atoms with van der Waals surface area (Å²) >= 11 is 3.42. The van der Waals surface area contributed by atoms with Gasteiger partial charge in [0, 0.05) is 28.4 Å². The van der Waals surface area contributed by atoms with Gasteiger partial charge in [-0.2, -0.15) is 0 Å². The first-order valence-electron chi connectivity index (χ1n) is 9.56. The van der Waals surface area contributed by atoms with Crippen molar-refractivity contribution in [3.8, 4) is 5.75 Å². The fraction of sp³-hybridized carbons (Fsp3) is 0.304. The van der Waals surface area contributed by atoms with E-state index in [1.807, 2.05) is 44.2 Å². The second-order valence-corrected chi connectivity index (χ2v) is 7.76. The maximum atomic E-state index is 11.9. The normalized spacial score (nSPS) is 10.9. The van der Waals surface area contributed by atoms with Gasteiger partial charge in [-0.15, -0.1) is 0 Å². The third-order valence-corrected chi connectivity index (χ3v) is 5.03. The number of hydrogen-bond donors (Lipinski definition) is 0. The maximum absolute atomic E-state index is 11.9. The smallest absolute Gasteiger partial charge is 0.336 e. The number of aryl methyl sites for hydroxylation is 2. The van der Waals surface area contributed by atoms with Crippen LogP contribution in [-0.2, 0) is 22.6 Å². The molecule has 0 aliphatic heterocycles. The molecule has 0 spiro atoms. The summed E-state index contributed by atoms with van der Waals surface area (Å²) in [6, 6.07) is 13.0. The molecule has 2 aromatic carbocycles. The Morgan fingerprint density at radius 1 is 1.14 bits per heavy atom. The van der Waals surface area contributed by atoms with E-state index in [9.17, 15) is 9.59 Å². The lowest BCUT2D eigenvalue weighted by Crippen LogP contribution is -2.08. The fourth-order valence-electron chi connectivity index (χ4n) is 2.99. The lowest BCUT2D eigenvalue weighted by atomic mass is 10.0. The number of benzene rings is 2. The first-order chi connectivity index (χ1) is 14.0. The van der Waals surface area contributed by atoms with Gasteiger partial charge >= 0.3 is 11.6 Å². The molecular formula is C23H23BrO5. The largest absolute Gasteiger partial charge is 0.488 e. The summed E-state index contributed by atoms with van der Waals surface area (Å²) in [5, 5.41) is 0.831. The molecule has 3 rings (SSSR count). The van der Waals surface area contributed by atoms with Gasteiger partial charge in [0.15, 0.2) is 0 Å². The van der Waals surface area contributed by atoms with Gasteiger partial charge in [-0.25, -0.2) is 4.79 Å². The second kappa shape index (κ2) is 9.74. The number of hydrogen-bond acceptors (Lipinski definition) is 5. The minimum Gasteiger partial charge on any atom is -0.488 e. The highest BCUT2D eigenvalue weighted by Crippen LogP contribution is 2.29. The third kappa shape index (κ3) is 5.70. The summed E-state index contributed by atoms with van der Waals surface area (Å²) < 4.78 is 17.6. The molecule has 1 heterocycles. The van der Waals surface area contributed by atoms with Crippen molar-refractivity contribution in [3.05, 3.63) is 74.0 Å². The molecule has 0 aliphatic carbocycles. The number of rotatable bonds is 8. The van der Waals surface area contributed by atoms with Crippen LogP contribution in [0.2, 0.25) is 0 Å². The van der Waals surface area contributed by atoms with Crippen LogP contribution in [0.5, 0.6) is 5.75 Å². The van der Waals surface area contributed by atoms with Crippen molar-refractivity contribution >= 4 is 32.9 Å². The summed E-state index contributed by atoms with van der Waals surface area (Å²) in [5.41, 5.74) is 2.78.